The molecule has 0 saturated carbocycles. The van der Waals surface area contributed by atoms with Crippen LogP contribution in [0.3, 0.4) is 0 Å². The molecule has 0 spiro atoms. The Kier molecular flexibility index (Phi) is 8.69. The average molecular weight is 512 g/mol. The van der Waals surface area contributed by atoms with Crippen LogP contribution in [0.25, 0.3) is 0 Å². The number of aromatic nitrogens is 1. The van der Waals surface area contributed by atoms with Gasteiger partial charge in [0.15, 0.2) is 0 Å². The molecule has 0 fully saturated rings. The zero-order valence-electron chi connectivity index (χ0n) is 22.1. The van der Waals surface area contributed by atoms with Crippen LogP contribution in [0.15, 0.2) is 84.2 Å². The number of carbonyl (C=O) groups is 3. The highest BCUT2D eigenvalue weighted by Gasteiger charge is 2.37. The lowest BCUT2D eigenvalue weighted by molar-refractivity contribution is -0.140. The van der Waals surface area contributed by atoms with Crippen molar-refractivity contribution in [3.05, 3.63) is 112 Å². The Bertz CT molecular complexity index is 1350. The second kappa shape index (κ2) is 12.3. The van der Waals surface area contributed by atoms with Crippen molar-refractivity contribution in [1.82, 2.24) is 15.2 Å². The molecule has 2 heterocycles. The Morgan fingerprint density at radius 2 is 1.84 bits per heavy atom. The Balaban J connectivity index is 1.54. The highest BCUT2D eigenvalue weighted by Crippen LogP contribution is 2.38. The van der Waals surface area contributed by atoms with Gasteiger partial charge in [-0.1, -0.05) is 42.5 Å². The number of aryl methyl sites for hydroxylation is 1. The van der Waals surface area contributed by atoms with E-state index in [1.807, 2.05) is 55.5 Å². The van der Waals surface area contributed by atoms with Gasteiger partial charge in [-0.25, -0.2) is 4.79 Å². The van der Waals surface area contributed by atoms with Crippen LogP contribution in [-0.2, 0) is 27.3 Å². The number of ether oxygens (including phenoxy) is 1. The van der Waals surface area contributed by atoms with Gasteiger partial charge < -0.3 is 15.0 Å². The maximum absolute atomic E-state index is 13.4. The molecule has 0 saturated heterocycles. The Labute approximate surface area is 223 Å². The molecule has 7 nitrogen and oxygen atoms in total. The van der Waals surface area contributed by atoms with Crippen molar-refractivity contribution in [2.75, 3.05) is 13.2 Å². The first-order valence-corrected chi connectivity index (χ1v) is 12.9. The van der Waals surface area contributed by atoms with Crippen molar-refractivity contribution in [3.63, 3.8) is 0 Å². The van der Waals surface area contributed by atoms with E-state index in [0.29, 0.717) is 29.8 Å². The molecule has 2 amide bonds. The lowest BCUT2D eigenvalue weighted by Gasteiger charge is -2.35. The molecular formula is C31H33N3O4. The molecule has 7 heteroatoms. The fourth-order valence-electron chi connectivity index (χ4n) is 4.87. The van der Waals surface area contributed by atoms with E-state index in [1.54, 1.807) is 43.1 Å². The molecule has 0 aliphatic carbocycles. The van der Waals surface area contributed by atoms with Crippen LogP contribution >= 0.6 is 0 Å². The molecule has 1 N–H and O–H groups in total. The third kappa shape index (κ3) is 6.17. The van der Waals surface area contributed by atoms with Crippen molar-refractivity contribution in [3.8, 4) is 0 Å². The van der Waals surface area contributed by atoms with Gasteiger partial charge in [0.25, 0.3) is 5.91 Å². The van der Waals surface area contributed by atoms with Crippen LogP contribution in [0, 0.1) is 6.92 Å². The maximum atomic E-state index is 13.4. The fraction of sp³-hybridized carbons (Fsp3) is 0.290. The summed E-state index contributed by atoms with van der Waals surface area (Å²) < 4.78 is 5.41. The van der Waals surface area contributed by atoms with Gasteiger partial charge in [0.1, 0.15) is 0 Å². The summed E-state index contributed by atoms with van der Waals surface area (Å²) in [6.45, 7) is 6.52. The minimum Gasteiger partial charge on any atom is -0.463 e. The molecule has 38 heavy (non-hydrogen) atoms. The van der Waals surface area contributed by atoms with Crippen LogP contribution in [0.1, 0.15) is 58.9 Å². The van der Waals surface area contributed by atoms with Crippen molar-refractivity contribution >= 4 is 17.8 Å². The van der Waals surface area contributed by atoms with Crippen molar-refractivity contribution in [2.24, 2.45) is 0 Å². The minimum absolute atomic E-state index is 0.0750. The average Bonchev–Trinajstić information content (AvgIpc) is 2.92. The zero-order valence-corrected chi connectivity index (χ0v) is 22.1. The van der Waals surface area contributed by atoms with E-state index >= 15 is 0 Å². The molecule has 1 atom stereocenters. The Hall–Kier alpha value is -4.26. The van der Waals surface area contributed by atoms with E-state index in [4.69, 9.17) is 4.74 Å². The summed E-state index contributed by atoms with van der Waals surface area (Å²) in [6, 6.07) is 20.7. The van der Waals surface area contributed by atoms with Gasteiger partial charge in [-0.15, -0.1) is 0 Å². The van der Waals surface area contributed by atoms with Crippen LogP contribution in [0.5, 0.6) is 0 Å². The monoisotopic (exact) mass is 511 g/mol. The summed E-state index contributed by atoms with van der Waals surface area (Å²) in [5.41, 5.74) is 5.28. The highest BCUT2D eigenvalue weighted by atomic mass is 16.5. The van der Waals surface area contributed by atoms with Crippen LogP contribution in [0.4, 0.5) is 0 Å². The van der Waals surface area contributed by atoms with E-state index in [0.717, 1.165) is 22.4 Å². The smallest absolute Gasteiger partial charge is 0.336 e. The van der Waals surface area contributed by atoms with E-state index in [2.05, 4.69) is 10.3 Å². The molecule has 1 aromatic heterocycles. The Morgan fingerprint density at radius 1 is 1.05 bits per heavy atom. The van der Waals surface area contributed by atoms with Gasteiger partial charge in [-0.2, -0.15) is 0 Å². The van der Waals surface area contributed by atoms with Gasteiger partial charge in [-0.05, 0) is 61.7 Å². The SMILES string of the molecule is CCOC(=O)C1=C(C)N(Cc2cccc(C(=O)NCCc3ccccn3)c2)C(=O)CC1c1ccccc1C. The van der Waals surface area contributed by atoms with Crippen LogP contribution in [0.2, 0.25) is 0 Å². The molecule has 2 aromatic carbocycles. The van der Waals surface area contributed by atoms with Crippen LogP contribution in [-0.4, -0.2) is 40.8 Å². The van der Waals surface area contributed by atoms with E-state index in [-0.39, 0.29) is 37.3 Å². The van der Waals surface area contributed by atoms with Crippen molar-refractivity contribution in [1.29, 1.82) is 0 Å². The largest absolute Gasteiger partial charge is 0.463 e. The molecule has 0 radical (unpaired) electrons. The van der Waals surface area contributed by atoms with Gasteiger partial charge in [0.2, 0.25) is 5.91 Å². The predicted molar refractivity (Wildman–Crippen MR) is 145 cm³/mol. The topological polar surface area (TPSA) is 88.6 Å². The number of esters is 1. The summed E-state index contributed by atoms with van der Waals surface area (Å²) >= 11 is 0. The Morgan fingerprint density at radius 3 is 2.58 bits per heavy atom. The lowest BCUT2D eigenvalue weighted by atomic mass is 9.81. The molecule has 1 aliphatic rings. The van der Waals surface area contributed by atoms with Crippen molar-refractivity contribution < 1.29 is 19.1 Å². The minimum atomic E-state index is -0.406. The standard InChI is InChI=1S/C31H33N3O4/c1-4-38-31(37)29-22(3)34(28(35)19-27(29)26-14-6-5-10-21(26)2)20-23-11-9-12-24(18-23)30(36)33-17-15-25-13-7-8-16-32-25/h5-14,16,18,27H,4,15,17,19-20H2,1-3H3,(H,33,36). The number of nitrogens with one attached hydrogen (secondary N) is 1. The molecule has 1 aliphatic heterocycles. The molecule has 0 bridgehead atoms. The summed E-state index contributed by atoms with van der Waals surface area (Å²) in [4.78, 5) is 45.1. The molecule has 196 valence electrons. The van der Waals surface area contributed by atoms with Crippen molar-refractivity contribution in [2.45, 2.75) is 46.1 Å². The number of carbonyl (C=O) groups excluding carboxylic acids is 3. The second-order valence-electron chi connectivity index (χ2n) is 9.34. The number of pyridine rings is 1. The number of rotatable bonds is 9. The third-order valence-electron chi connectivity index (χ3n) is 6.80. The van der Waals surface area contributed by atoms with Gasteiger partial charge in [-0.3, -0.25) is 14.6 Å². The highest BCUT2D eigenvalue weighted by molar-refractivity contribution is 5.96. The van der Waals surface area contributed by atoms with Gasteiger partial charge in [0.05, 0.1) is 18.7 Å². The maximum Gasteiger partial charge on any atom is 0.336 e. The third-order valence-corrected chi connectivity index (χ3v) is 6.80. The first-order chi connectivity index (χ1) is 18.4. The number of amides is 2. The molecule has 3 aromatic rings. The first-order valence-electron chi connectivity index (χ1n) is 12.9. The predicted octanol–water partition coefficient (Wildman–Crippen LogP) is 4.72. The summed E-state index contributed by atoms with van der Waals surface area (Å²) in [5, 5.41) is 2.93. The number of allylic oxidation sites excluding steroid dienone is 1. The van der Waals surface area contributed by atoms with E-state index < -0.39 is 5.97 Å². The molecular weight excluding hydrogens is 478 g/mol. The number of hydrogen-bond acceptors (Lipinski definition) is 5. The molecule has 4 rings (SSSR count). The van der Waals surface area contributed by atoms with Crippen LogP contribution < -0.4 is 5.32 Å². The van der Waals surface area contributed by atoms with Gasteiger partial charge in [0, 0.05) is 48.5 Å². The number of hydrogen-bond donors (Lipinski definition) is 1. The zero-order chi connectivity index (χ0) is 27.1. The fourth-order valence-corrected chi connectivity index (χ4v) is 4.87. The van der Waals surface area contributed by atoms with Gasteiger partial charge >= 0.3 is 5.97 Å². The lowest BCUT2D eigenvalue weighted by Crippen LogP contribution is -2.38. The second-order valence-corrected chi connectivity index (χ2v) is 9.34. The summed E-state index contributed by atoms with van der Waals surface area (Å²) in [7, 11) is 0. The number of nitrogens with zero attached hydrogens (tertiary/aromatic N) is 2. The normalized spacial score (nSPS) is 15.4. The first kappa shape index (κ1) is 26.8. The summed E-state index contributed by atoms with van der Waals surface area (Å²) in [5.74, 6) is -1.03. The summed E-state index contributed by atoms with van der Waals surface area (Å²) in [6.07, 6.45) is 2.54. The van der Waals surface area contributed by atoms with E-state index in [1.165, 1.54) is 0 Å². The quantitative estimate of drug-likeness (QED) is 0.420. The number of benzene rings is 2. The molecule has 1 unspecified atom stereocenters. The van der Waals surface area contributed by atoms with E-state index in [9.17, 15) is 14.4 Å².